The maximum Gasteiger partial charge on any atom is 0.326 e. The molecule has 4 aromatic rings. The van der Waals surface area contributed by atoms with Crippen molar-refractivity contribution in [2.24, 2.45) is 0 Å². The number of anilines is 4. The van der Waals surface area contributed by atoms with Crippen LogP contribution in [0.4, 0.5) is 22.9 Å². The fourth-order valence-electron chi connectivity index (χ4n) is 4.80. The minimum Gasteiger partial charge on any atom is -0.480 e. The maximum absolute atomic E-state index is 12.3. The van der Waals surface area contributed by atoms with E-state index < -0.39 is 22.9 Å². The maximum atomic E-state index is 12.3. The van der Waals surface area contributed by atoms with Crippen molar-refractivity contribution in [3.05, 3.63) is 81.0 Å². The Kier molecular flexibility index (Phi) is 6.37. The molecule has 2 atom stereocenters. The van der Waals surface area contributed by atoms with E-state index in [-0.39, 0.29) is 18.2 Å². The number of hydrogen-bond donors (Lipinski definition) is 3. The summed E-state index contributed by atoms with van der Waals surface area (Å²) in [5, 5.41) is 17.9. The van der Waals surface area contributed by atoms with Crippen LogP contribution in [-0.4, -0.2) is 39.7 Å². The van der Waals surface area contributed by atoms with Crippen LogP contribution in [-0.2, 0) is 11.2 Å². The molecule has 1 fully saturated rings. The molecule has 1 unspecified atom stereocenters. The molecule has 1 saturated heterocycles. The highest BCUT2D eigenvalue weighted by Gasteiger charge is 2.32. The van der Waals surface area contributed by atoms with Crippen molar-refractivity contribution < 1.29 is 9.90 Å². The lowest BCUT2D eigenvalue weighted by molar-refractivity contribution is -0.137. The highest BCUT2D eigenvalue weighted by Crippen LogP contribution is 2.29. The molecular formula is C27H27N5O4. The van der Waals surface area contributed by atoms with Gasteiger partial charge in [0.25, 0.3) is 10.9 Å². The van der Waals surface area contributed by atoms with Gasteiger partial charge in [-0.2, -0.15) is 0 Å². The number of hydrogen-bond acceptors (Lipinski definition) is 8. The number of carboxylic acid groups (broad SMARTS) is 1. The predicted octanol–water partition coefficient (Wildman–Crippen LogP) is 3.46. The van der Waals surface area contributed by atoms with Crippen molar-refractivity contribution in [2.75, 3.05) is 22.1 Å². The average Bonchev–Trinajstić information content (AvgIpc) is 2.89. The molecule has 184 valence electrons. The number of nitrogens with one attached hydrogen (secondary N) is 2. The summed E-state index contributed by atoms with van der Waals surface area (Å²) in [4.78, 5) is 47.2. The van der Waals surface area contributed by atoms with Crippen molar-refractivity contribution in [3.63, 3.8) is 0 Å². The lowest BCUT2D eigenvalue weighted by Crippen LogP contribution is -2.49. The summed E-state index contributed by atoms with van der Waals surface area (Å²) in [6.45, 7) is 2.71. The fourth-order valence-corrected chi connectivity index (χ4v) is 4.80. The smallest absolute Gasteiger partial charge is 0.326 e. The van der Waals surface area contributed by atoms with Gasteiger partial charge < -0.3 is 20.6 Å². The Morgan fingerprint density at radius 1 is 1.11 bits per heavy atom. The van der Waals surface area contributed by atoms with Gasteiger partial charge in [0.05, 0.1) is 0 Å². The van der Waals surface area contributed by atoms with E-state index in [0.29, 0.717) is 18.1 Å². The zero-order valence-corrected chi connectivity index (χ0v) is 19.9. The Balaban J connectivity index is 1.31. The second-order valence-corrected chi connectivity index (χ2v) is 9.24. The minimum absolute atomic E-state index is 0.120. The molecule has 0 saturated carbocycles. The lowest BCUT2D eigenvalue weighted by atomic mass is 9.99. The molecule has 0 bridgehead atoms. The minimum atomic E-state index is -1.09. The van der Waals surface area contributed by atoms with Crippen molar-refractivity contribution in [3.8, 4) is 0 Å². The number of rotatable bonds is 8. The third kappa shape index (κ3) is 4.51. The summed E-state index contributed by atoms with van der Waals surface area (Å²) in [5.41, 5.74) is 0.838. The van der Waals surface area contributed by atoms with E-state index in [9.17, 15) is 19.5 Å². The van der Waals surface area contributed by atoms with Gasteiger partial charge in [0.15, 0.2) is 0 Å². The van der Waals surface area contributed by atoms with E-state index in [4.69, 9.17) is 0 Å². The first kappa shape index (κ1) is 23.5. The van der Waals surface area contributed by atoms with Crippen LogP contribution in [0.3, 0.4) is 0 Å². The molecule has 0 radical (unpaired) electrons. The van der Waals surface area contributed by atoms with Gasteiger partial charge in [0.2, 0.25) is 0 Å². The summed E-state index contributed by atoms with van der Waals surface area (Å²) in [7, 11) is 0. The van der Waals surface area contributed by atoms with Crippen LogP contribution in [0.15, 0.2) is 64.6 Å². The van der Waals surface area contributed by atoms with E-state index in [1.165, 1.54) is 0 Å². The van der Waals surface area contributed by atoms with Crippen molar-refractivity contribution in [2.45, 2.75) is 44.7 Å². The van der Waals surface area contributed by atoms with Crippen LogP contribution in [0.1, 0.15) is 31.7 Å². The highest BCUT2D eigenvalue weighted by atomic mass is 16.4. The van der Waals surface area contributed by atoms with Crippen molar-refractivity contribution in [1.29, 1.82) is 0 Å². The topological polar surface area (TPSA) is 125 Å². The van der Waals surface area contributed by atoms with Crippen LogP contribution >= 0.6 is 0 Å². The Morgan fingerprint density at radius 2 is 1.89 bits per heavy atom. The van der Waals surface area contributed by atoms with Crippen molar-refractivity contribution >= 4 is 39.6 Å². The van der Waals surface area contributed by atoms with Gasteiger partial charge in [-0.25, -0.2) is 9.78 Å². The standard InChI is InChI=1S/C27H27N5O4/c1-16-4-2-3-13-32(16)23-22(24(33)25(23)34)31-21(27(35)36)14-17-5-7-19(8-6-17)30-26-20-15-28-11-9-18(20)10-12-29-26/h5-12,15-16,21,31H,2-4,13-14H2,1H3,(H,29,30)(H,35,36)/t16?,21-/m0/s1. The first-order valence-corrected chi connectivity index (χ1v) is 12.1. The van der Waals surface area contributed by atoms with Gasteiger partial charge in [-0.1, -0.05) is 12.1 Å². The number of carboxylic acids is 1. The quantitative estimate of drug-likeness (QED) is 0.322. The molecule has 9 nitrogen and oxygen atoms in total. The molecule has 2 aromatic heterocycles. The predicted molar refractivity (Wildman–Crippen MR) is 140 cm³/mol. The average molecular weight is 486 g/mol. The van der Waals surface area contributed by atoms with Crippen LogP contribution in [0.5, 0.6) is 0 Å². The second kappa shape index (κ2) is 9.77. The summed E-state index contributed by atoms with van der Waals surface area (Å²) >= 11 is 0. The molecule has 5 rings (SSSR count). The van der Waals surface area contributed by atoms with Crippen LogP contribution in [0, 0.1) is 0 Å². The molecule has 1 aliphatic heterocycles. The van der Waals surface area contributed by atoms with Crippen molar-refractivity contribution in [1.82, 2.24) is 9.97 Å². The molecule has 3 heterocycles. The van der Waals surface area contributed by atoms with Gasteiger partial charge in [0, 0.05) is 48.7 Å². The molecule has 0 aliphatic carbocycles. The van der Waals surface area contributed by atoms with Crippen LogP contribution in [0.2, 0.25) is 0 Å². The van der Waals surface area contributed by atoms with Crippen LogP contribution < -0.4 is 26.4 Å². The van der Waals surface area contributed by atoms with Gasteiger partial charge in [-0.15, -0.1) is 0 Å². The summed E-state index contributed by atoms with van der Waals surface area (Å²) in [6, 6.07) is 10.3. The molecule has 3 N–H and O–H groups in total. The number of carbonyl (C=O) groups is 1. The Hall–Kier alpha value is -4.27. The molecule has 9 heteroatoms. The normalized spacial score (nSPS) is 16.7. The molecule has 0 spiro atoms. The molecule has 2 aromatic carbocycles. The van der Waals surface area contributed by atoms with E-state index in [0.717, 1.165) is 41.3 Å². The summed E-state index contributed by atoms with van der Waals surface area (Å²) < 4.78 is 0. The molecule has 1 aliphatic rings. The number of aromatic nitrogens is 2. The van der Waals surface area contributed by atoms with E-state index in [1.807, 2.05) is 48.2 Å². The van der Waals surface area contributed by atoms with Gasteiger partial charge in [0.1, 0.15) is 23.2 Å². The SMILES string of the molecule is CC1CCCCN1c1c(N[C@@H](Cc2ccc(Nc3nccc4ccncc34)cc2)C(=O)O)c(=O)c1=O. The number of pyridine rings is 2. The first-order chi connectivity index (χ1) is 17.4. The van der Waals surface area contributed by atoms with Gasteiger partial charge in [-0.05, 0) is 61.4 Å². The Bertz CT molecular complexity index is 1470. The summed E-state index contributed by atoms with van der Waals surface area (Å²) in [5.74, 6) is -0.409. The zero-order chi connectivity index (χ0) is 25.2. The number of piperidine rings is 1. The van der Waals surface area contributed by atoms with E-state index >= 15 is 0 Å². The third-order valence-electron chi connectivity index (χ3n) is 6.82. The number of benzene rings is 1. The van der Waals surface area contributed by atoms with Gasteiger partial charge in [-0.3, -0.25) is 14.6 Å². The van der Waals surface area contributed by atoms with E-state index in [1.54, 1.807) is 18.6 Å². The van der Waals surface area contributed by atoms with E-state index in [2.05, 4.69) is 20.6 Å². The monoisotopic (exact) mass is 485 g/mol. The Labute approximate surface area is 207 Å². The first-order valence-electron chi connectivity index (χ1n) is 12.1. The second-order valence-electron chi connectivity index (χ2n) is 9.24. The largest absolute Gasteiger partial charge is 0.480 e. The number of nitrogens with zero attached hydrogens (tertiary/aromatic N) is 3. The Morgan fingerprint density at radius 3 is 2.64 bits per heavy atom. The highest BCUT2D eigenvalue weighted by molar-refractivity contribution is 5.92. The molecular weight excluding hydrogens is 458 g/mol. The molecule has 0 amide bonds. The van der Waals surface area contributed by atoms with Gasteiger partial charge >= 0.3 is 5.97 Å². The number of fused-ring (bicyclic) bond motifs is 1. The van der Waals surface area contributed by atoms with Crippen LogP contribution in [0.25, 0.3) is 10.8 Å². The molecule has 36 heavy (non-hydrogen) atoms. The number of aliphatic carboxylic acids is 1. The summed E-state index contributed by atoms with van der Waals surface area (Å²) in [6.07, 6.45) is 8.31. The third-order valence-corrected chi connectivity index (χ3v) is 6.82. The zero-order valence-electron chi connectivity index (χ0n) is 19.9. The fraction of sp³-hybridized carbons (Fsp3) is 0.296. The lowest BCUT2D eigenvalue weighted by Gasteiger charge is -2.37.